The van der Waals surface area contributed by atoms with Crippen LogP contribution in [0.3, 0.4) is 0 Å². The molecule has 120 valence electrons. The molecule has 1 rings (SSSR count). The van der Waals surface area contributed by atoms with Gasteiger partial charge in [-0.25, -0.2) is 0 Å². The normalized spacial score (nSPS) is 14.0. The van der Waals surface area contributed by atoms with Crippen molar-refractivity contribution in [1.82, 2.24) is 5.32 Å². The van der Waals surface area contributed by atoms with Gasteiger partial charge in [0.1, 0.15) is 5.75 Å². The van der Waals surface area contributed by atoms with Crippen LogP contribution in [-0.2, 0) is 6.42 Å². The average molecular weight is 303 g/mol. The number of benzene rings is 1. The number of hydrogen-bond donors (Lipinski definition) is 1. The van der Waals surface area contributed by atoms with Crippen molar-refractivity contribution >= 4 is 0 Å². The summed E-state index contributed by atoms with van der Waals surface area (Å²) in [5.41, 5.74) is 1.14. The SMILES string of the molecule is CCNCC(Cc1ccc(OC(F)(F)F)cc1)C(C)(C)C. The fraction of sp³-hybridized carbons (Fsp3) is 0.625. The lowest BCUT2D eigenvalue weighted by molar-refractivity contribution is -0.274. The van der Waals surface area contributed by atoms with Crippen molar-refractivity contribution in [3.8, 4) is 5.75 Å². The van der Waals surface area contributed by atoms with E-state index in [9.17, 15) is 13.2 Å². The minimum Gasteiger partial charge on any atom is -0.406 e. The van der Waals surface area contributed by atoms with Crippen molar-refractivity contribution in [2.45, 2.75) is 40.5 Å². The van der Waals surface area contributed by atoms with Crippen molar-refractivity contribution in [2.75, 3.05) is 13.1 Å². The number of ether oxygens (including phenoxy) is 1. The Morgan fingerprint density at radius 2 is 1.67 bits per heavy atom. The van der Waals surface area contributed by atoms with E-state index in [1.165, 1.54) is 12.1 Å². The second-order valence-corrected chi connectivity index (χ2v) is 6.27. The standard InChI is InChI=1S/C16H24F3NO/c1-5-20-11-13(15(2,3)4)10-12-6-8-14(9-7-12)21-16(17,18)19/h6-9,13,20H,5,10-11H2,1-4H3. The van der Waals surface area contributed by atoms with Gasteiger partial charge in [-0.05, 0) is 48.5 Å². The van der Waals surface area contributed by atoms with Gasteiger partial charge in [0, 0.05) is 0 Å². The van der Waals surface area contributed by atoms with E-state index in [-0.39, 0.29) is 11.2 Å². The molecule has 1 unspecified atom stereocenters. The summed E-state index contributed by atoms with van der Waals surface area (Å²) in [5, 5.41) is 3.34. The predicted molar refractivity (Wildman–Crippen MR) is 78.3 cm³/mol. The number of hydrogen-bond acceptors (Lipinski definition) is 2. The van der Waals surface area contributed by atoms with Crippen LogP contribution in [0.1, 0.15) is 33.3 Å². The molecule has 1 aromatic carbocycles. The molecule has 0 saturated carbocycles. The maximum Gasteiger partial charge on any atom is 0.573 e. The van der Waals surface area contributed by atoms with E-state index < -0.39 is 6.36 Å². The van der Waals surface area contributed by atoms with Gasteiger partial charge >= 0.3 is 6.36 Å². The fourth-order valence-electron chi connectivity index (χ4n) is 2.11. The molecule has 0 bridgehead atoms. The maximum atomic E-state index is 12.1. The molecule has 5 heteroatoms. The van der Waals surface area contributed by atoms with E-state index >= 15 is 0 Å². The second kappa shape index (κ2) is 7.16. The van der Waals surface area contributed by atoms with Crippen molar-refractivity contribution in [3.05, 3.63) is 29.8 Å². The van der Waals surface area contributed by atoms with Crippen LogP contribution in [0.5, 0.6) is 5.75 Å². The minimum absolute atomic E-state index is 0.128. The fourth-order valence-corrected chi connectivity index (χ4v) is 2.11. The highest BCUT2D eigenvalue weighted by Gasteiger charge is 2.31. The van der Waals surface area contributed by atoms with E-state index in [1.807, 2.05) is 0 Å². The van der Waals surface area contributed by atoms with E-state index in [4.69, 9.17) is 0 Å². The first-order chi connectivity index (χ1) is 9.62. The minimum atomic E-state index is -4.64. The van der Waals surface area contributed by atoms with Gasteiger partial charge in [-0.3, -0.25) is 0 Å². The molecule has 0 aliphatic heterocycles. The lowest BCUT2D eigenvalue weighted by Crippen LogP contribution is -2.33. The zero-order valence-corrected chi connectivity index (χ0v) is 13.1. The Morgan fingerprint density at radius 3 is 2.10 bits per heavy atom. The highest BCUT2D eigenvalue weighted by molar-refractivity contribution is 5.27. The second-order valence-electron chi connectivity index (χ2n) is 6.27. The largest absolute Gasteiger partial charge is 0.573 e. The summed E-state index contributed by atoms with van der Waals surface area (Å²) >= 11 is 0. The van der Waals surface area contributed by atoms with Gasteiger partial charge in [0.2, 0.25) is 0 Å². The molecule has 0 amide bonds. The summed E-state index contributed by atoms with van der Waals surface area (Å²) in [6.45, 7) is 10.4. The Balaban J connectivity index is 2.72. The van der Waals surface area contributed by atoms with Crippen LogP contribution < -0.4 is 10.1 Å². The Bertz CT molecular complexity index is 421. The molecule has 21 heavy (non-hydrogen) atoms. The third-order valence-electron chi connectivity index (χ3n) is 3.50. The Hall–Kier alpha value is -1.23. The van der Waals surface area contributed by atoms with Crippen LogP contribution in [0, 0.1) is 11.3 Å². The summed E-state index contributed by atoms with van der Waals surface area (Å²) in [5.74, 6) is 0.233. The Morgan fingerprint density at radius 1 is 1.10 bits per heavy atom. The van der Waals surface area contributed by atoms with Crippen LogP contribution >= 0.6 is 0 Å². The molecule has 0 spiro atoms. The van der Waals surface area contributed by atoms with E-state index in [1.54, 1.807) is 12.1 Å². The van der Waals surface area contributed by atoms with Crippen LogP contribution in [0.15, 0.2) is 24.3 Å². The van der Waals surface area contributed by atoms with Crippen molar-refractivity contribution < 1.29 is 17.9 Å². The van der Waals surface area contributed by atoms with Gasteiger partial charge in [0.05, 0.1) is 0 Å². The number of alkyl halides is 3. The molecular formula is C16H24F3NO. The summed E-state index contributed by atoms with van der Waals surface area (Å²) < 4.78 is 40.2. The summed E-state index contributed by atoms with van der Waals surface area (Å²) in [7, 11) is 0. The number of halogens is 3. The summed E-state index contributed by atoms with van der Waals surface area (Å²) in [4.78, 5) is 0. The van der Waals surface area contributed by atoms with E-state index in [2.05, 4.69) is 37.7 Å². The summed E-state index contributed by atoms with van der Waals surface area (Å²) in [6.07, 6.45) is -3.82. The van der Waals surface area contributed by atoms with Gasteiger partial charge in [-0.1, -0.05) is 39.8 Å². The average Bonchev–Trinajstić information content (AvgIpc) is 2.33. The first kappa shape index (κ1) is 17.8. The molecule has 1 N–H and O–H groups in total. The maximum absolute atomic E-state index is 12.1. The molecule has 0 radical (unpaired) electrons. The van der Waals surface area contributed by atoms with Crippen molar-refractivity contribution in [2.24, 2.45) is 11.3 Å². The van der Waals surface area contributed by atoms with Crippen LogP contribution in [0.4, 0.5) is 13.2 Å². The molecule has 0 aliphatic carbocycles. The van der Waals surface area contributed by atoms with Crippen LogP contribution in [-0.4, -0.2) is 19.5 Å². The molecule has 0 aliphatic rings. The van der Waals surface area contributed by atoms with Gasteiger partial charge in [0.15, 0.2) is 0 Å². The molecule has 0 fully saturated rings. The zero-order valence-electron chi connectivity index (χ0n) is 13.1. The molecule has 2 nitrogen and oxygen atoms in total. The van der Waals surface area contributed by atoms with Crippen molar-refractivity contribution in [3.63, 3.8) is 0 Å². The predicted octanol–water partition coefficient (Wildman–Crippen LogP) is 4.40. The first-order valence-corrected chi connectivity index (χ1v) is 7.17. The van der Waals surface area contributed by atoms with Gasteiger partial charge in [-0.2, -0.15) is 0 Å². The highest BCUT2D eigenvalue weighted by atomic mass is 19.4. The lowest BCUT2D eigenvalue weighted by atomic mass is 9.77. The molecular weight excluding hydrogens is 279 g/mol. The molecule has 0 saturated heterocycles. The molecule has 0 heterocycles. The third-order valence-corrected chi connectivity index (χ3v) is 3.50. The molecule has 0 aromatic heterocycles. The zero-order chi connectivity index (χ0) is 16.1. The van der Waals surface area contributed by atoms with Crippen LogP contribution in [0.25, 0.3) is 0 Å². The van der Waals surface area contributed by atoms with Crippen molar-refractivity contribution in [1.29, 1.82) is 0 Å². The Labute approximate surface area is 124 Å². The Kier molecular flexibility index (Phi) is 6.08. The highest BCUT2D eigenvalue weighted by Crippen LogP contribution is 2.29. The first-order valence-electron chi connectivity index (χ1n) is 7.17. The monoisotopic (exact) mass is 303 g/mol. The molecule has 1 aromatic rings. The quantitative estimate of drug-likeness (QED) is 0.841. The number of nitrogens with one attached hydrogen (secondary N) is 1. The van der Waals surface area contributed by atoms with E-state index in [0.29, 0.717) is 5.92 Å². The smallest absolute Gasteiger partial charge is 0.406 e. The van der Waals surface area contributed by atoms with E-state index in [0.717, 1.165) is 25.1 Å². The van der Waals surface area contributed by atoms with Gasteiger partial charge in [0.25, 0.3) is 0 Å². The third kappa shape index (κ3) is 6.85. The van der Waals surface area contributed by atoms with Gasteiger partial charge in [-0.15, -0.1) is 13.2 Å². The molecule has 1 atom stereocenters. The van der Waals surface area contributed by atoms with Gasteiger partial charge < -0.3 is 10.1 Å². The lowest BCUT2D eigenvalue weighted by Gasteiger charge is -2.31. The topological polar surface area (TPSA) is 21.3 Å². The van der Waals surface area contributed by atoms with Crippen LogP contribution in [0.2, 0.25) is 0 Å². The summed E-state index contributed by atoms with van der Waals surface area (Å²) in [6, 6.07) is 6.14. The number of rotatable bonds is 6.